The van der Waals surface area contributed by atoms with Crippen LogP contribution in [0.15, 0.2) is 36.7 Å². The second-order valence-electron chi connectivity index (χ2n) is 2.90. The first-order valence-corrected chi connectivity index (χ1v) is 4.14. The summed E-state index contributed by atoms with van der Waals surface area (Å²) in [6.45, 7) is 0. The largest absolute Gasteiger partial charge is 0.366 e. The third-order valence-electron chi connectivity index (χ3n) is 2.02. The van der Waals surface area contributed by atoms with Crippen molar-refractivity contribution in [3.05, 3.63) is 48.0 Å². The highest BCUT2D eigenvalue weighted by Gasteiger charge is 2.04. The van der Waals surface area contributed by atoms with Gasteiger partial charge in [0.2, 0.25) is 0 Å². The molecule has 2 rings (SSSR count). The SMILES string of the molecule is N#Cc1c[nH]cc1-c1ccc(F)cc1. The van der Waals surface area contributed by atoms with E-state index in [1.165, 1.54) is 12.1 Å². The number of aromatic nitrogens is 1. The maximum absolute atomic E-state index is 12.6. The number of nitriles is 1. The van der Waals surface area contributed by atoms with Gasteiger partial charge in [-0.3, -0.25) is 0 Å². The minimum atomic E-state index is -0.275. The predicted molar refractivity (Wildman–Crippen MR) is 50.9 cm³/mol. The molecule has 0 unspecified atom stereocenters. The lowest BCUT2D eigenvalue weighted by Gasteiger charge is -1.97. The van der Waals surface area contributed by atoms with Crippen LogP contribution in [0.3, 0.4) is 0 Å². The minimum absolute atomic E-state index is 0.275. The van der Waals surface area contributed by atoms with E-state index in [1.807, 2.05) is 0 Å². The molecular weight excluding hydrogens is 179 g/mol. The number of benzene rings is 1. The fourth-order valence-electron chi connectivity index (χ4n) is 1.32. The van der Waals surface area contributed by atoms with Crippen LogP contribution in [0.4, 0.5) is 4.39 Å². The molecule has 0 spiro atoms. The molecule has 2 aromatic rings. The van der Waals surface area contributed by atoms with Crippen LogP contribution >= 0.6 is 0 Å². The van der Waals surface area contributed by atoms with E-state index in [9.17, 15) is 4.39 Å². The summed E-state index contributed by atoms with van der Waals surface area (Å²) in [5.74, 6) is -0.275. The fourth-order valence-corrected chi connectivity index (χ4v) is 1.32. The van der Waals surface area contributed by atoms with Gasteiger partial charge in [0.1, 0.15) is 11.9 Å². The summed E-state index contributed by atoms with van der Waals surface area (Å²) in [5.41, 5.74) is 2.20. The second-order valence-corrected chi connectivity index (χ2v) is 2.90. The predicted octanol–water partition coefficient (Wildman–Crippen LogP) is 2.69. The highest BCUT2D eigenvalue weighted by Crippen LogP contribution is 2.22. The number of nitrogens with zero attached hydrogens (tertiary/aromatic N) is 1. The van der Waals surface area contributed by atoms with Gasteiger partial charge < -0.3 is 4.98 Å². The van der Waals surface area contributed by atoms with Crippen LogP contribution in [-0.4, -0.2) is 4.98 Å². The van der Waals surface area contributed by atoms with Crippen molar-refractivity contribution in [1.29, 1.82) is 5.26 Å². The maximum atomic E-state index is 12.6. The molecule has 1 aromatic heterocycles. The smallest absolute Gasteiger partial charge is 0.123 e. The first-order valence-electron chi connectivity index (χ1n) is 4.14. The van der Waals surface area contributed by atoms with Crippen LogP contribution in [-0.2, 0) is 0 Å². The zero-order chi connectivity index (χ0) is 9.97. The monoisotopic (exact) mass is 186 g/mol. The van der Waals surface area contributed by atoms with Crippen molar-refractivity contribution < 1.29 is 4.39 Å². The number of aromatic amines is 1. The second kappa shape index (κ2) is 3.35. The molecule has 0 aliphatic rings. The Hall–Kier alpha value is -2.08. The number of hydrogen-bond acceptors (Lipinski definition) is 1. The molecule has 0 bridgehead atoms. The van der Waals surface area contributed by atoms with Crippen LogP contribution in [0.5, 0.6) is 0 Å². The van der Waals surface area contributed by atoms with Gasteiger partial charge in [0.25, 0.3) is 0 Å². The van der Waals surface area contributed by atoms with Crippen molar-refractivity contribution in [2.75, 3.05) is 0 Å². The zero-order valence-electron chi connectivity index (χ0n) is 7.29. The van der Waals surface area contributed by atoms with E-state index in [2.05, 4.69) is 11.1 Å². The van der Waals surface area contributed by atoms with E-state index in [0.717, 1.165) is 11.1 Å². The molecule has 0 amide bonds. The van der Waals surface area contributed by atoms with Gasteiger partial charge in [-0.05, 0) is 17.7 Å². The van der Waals surface area contributed by atoms with Crippen molar-refractivity contribution in [3.8, 4) is 17.2 Å². The third kappa shape index (κ3) is 1.38. The van der Waals surface area contributed by atoms with Crippen LogP contribution in [0.2, 0.25) is 0 Å². The van der Waals surface area contributed by atoms with Gasteiger partial charge in [-0.25, -0.2) is 4.39 Å². The van der Waals surface area contributed by atoms with Gasteiger partial charge in [0, 0.05) is 18.0 Å². The quantitative estimate of drug-likeness (QED) is 0.730. The van der Waals surface area contributed by atoms with Gasteiger partial charge >= 0.3 is 0 Å². The number of rotatable bonds is 1. The van der Waals surface area contributed by atoms with E-state index in [1.54, 1.807) is 24.5 Å². The average molecular weight is 186 g/mol. The molecule has 0 atom stereocenters. The normalized spacial score (nSPS) is 9.71. The number of hydrogen-bond donors (Lipinski definition) is 1. The molecule has 3 heteroatoms. The summed E-state index contributed by atoms with van der Waals surface area (Å²) in [4.78, 5) is 2.85. The molecule has 0 radical (unpaired) electrons. The summed E-state index contributed by atoms with van der Waals surface area (Å²) < 4.78 is 12.6. The van der Waals surface area contributed by atoms with E-state index in [0.29, 0.717) is 5.56 Å². The van der Waals surface area contributed by atoms with Crippen molar-refractivity contribution in [2.24, 2.45) is 0 Å². The fraction of sp³-hybridized carbons (Fsp3) is 0. The van der Waals surface area contributed by atoms with Crippen LogP contribution < -0.4 is 0 Å². The Morgan fingerprint density at radius 3 is 2.50 bits per heavy atom. The topological polar surface area (TPSA) is 39.6 Å². The van der Waals surface area contributed by atoms with Crippen molar-refractivity contribution >= 4 is 0 Å². The van der Waals surface area contributed by atoms with Gasteiger partial charge in [-0.2, -0.15) is 5.26 Å². The summed E-state index contributed by atoms with van der Waals surface area (Å²) in [7, 11) is 0. The molecule has 0 aliphatic carbocycles. The molecule has 2 nitrogen and oxygen atoms in total. The van der Waals surface area contributed by atoms with Gasteiger partial charge in [0.05, 0.1) is 5.56 Å². The Morgan fingerprint density at radius 1 is 1.14 bits per heavy atom. The number of H-pyrrole nitrogens is 1. The van der Waals surface area contributed by atoms with Gasteiger partial charge in [0.15, 0.2) is 0 Å². The van der Waals surface area contributed by atoms with E-state index in [4.69, 9.17) is 5.26 Å². The molecule has 0 aliphatic heterocycles. The summed E-state index contributed by atoms with van der Waals surface area (Å²) in [5, 5.41) is 8.78. The molecule has 0 saturated carbocycles. The molecule has 1 heterocycles. The summed E-state index contributed by atoms with van der Waals surface area (Å²) >= 11 is 0. The highest BCUT2D eigenvalue weighted by atomic mass is 19.1. The Morgan fingerprint density at radius 2 is 1.86 bits per heavy atom. The Kier molecular flexibility index (Phi) is 2.04. The average Bonchev–Trinajstić information content (AvgIpc) is 2.67. The summed E-state index contributed by atoms with van der Waals surface area (Å²) in [6, 6.07) is 8.12. The van der Waals surface area contributed by atoms with Crippen molar-refractivity contribution in [1.82, 2.24) is 4.98 Å². The Balaban J connectivity index is 2.50. The van der Waals surface area contributed by atoms with E-state index >= 15 is 0 Å². The lowest BCUT2D eigenvalue weighted by Crippen LogP contribution is -1.79. The minimum Gasteiger partial charge on any atom is -0.366 e. The Labute approximate surface area is 80.6 Å². The lowest BCUT2D eigenvalue weighted by atomic mass is 10.1. The van der Waals surface area contributed by atoms with Crippen LogP contribution in [0, 0.1) is 17.1 Å². The zero-order valence-corrected chi connectivity index (χ0v) is 7.29. The first kappa shape index (κ1) is 8.52. The molecule has 14 heavy (non-hydrogen) atoms. The Bertz CT molecular complexity index is 477. The van der Waals surface area contributed by atoms with Crippen molar-refractivity contribution in [3.63, 3.8) is 0 Å². The molecular formula is C11H7FN2. The molecule has 68 valence electrons. The van der Waals surface area contributed by atoms with Crippen LogP contribution in [0.1, 0.15) is 5.56 Å². The lowest BCUT2D eigenvalue weighted by molar-refractivity contribution is 0.628. The van der Waals surface area contributed by atoms with Gasteiger partial charge in [-0.15, -0.1) is 0 Å². The molecule has 0 fully saturated rings. The van der Waals surface area contributed by atoms with Crippen molar-refractivity contribution in [2.45, 2.75) is 0 Å². The first-order chi connectivity index (χ1) is 6.81. The number of nitrogens with one attached hydrogen (secondary N) is 1. The molecule has 1 aromatic carbocycles. The third-order valence-corrected chi connectivity index (χ3v) is 2.02. The molecule has 0 saturated heterocycles. The number of halogens is 1. The standard InChI is InChI=1S/C11H7FN2/c12-10-3-1-8(2-4-10)11-7-14-6-9(11)5-13/h1-4,6-7,14H. The van der Waals surface area contributed by atoms with Gasteiger partial charge in [-0.1, -0.05) is 12.1 Å². The highest BCUT2D eigenvalue weighted by molar-refractivity contribution is 5.69. The maximum Gasteiger partial charge on any atom is 0.123 e. The molecule has 1 N–H and O–H groups in total. The summed E-state index contributed by atoms with van der Waals surface area (Å²) in [6.07, 6.45) is 3.35. The van der Waals surface area contributed by atoms with Crippen LogP contribution in [0.25, 0.3) is 11.1 Å². The van der Waals surface area contributed by atoms with E-state index in [-0.39, 0.29) is 5.82 Å². The van der Waals surface area contributed by atoms with E-state index < -0.39 is 0 Å².